The average molecular weight is 655 g/mol. The van der Waals surface area contributed by atoms with E-state index in [1.54, 1.807) is 0 Å². The first-order chi connectivity index (χ1) is 25.3. The van der Waals surface area contributed by atoms with Gasteiger partial charge in [0.2, 0.25) is 5.89 Å². The largest absolute Gasteiger partial charge is 0.456 e. The maximum Gasteiger partial charge on any atom is 0.227 e. The van der Waals surface area contributed by atoms with Crippen LogP contribution in [0.4, 0.5) is 17.1 Å². The monoisotopic (exact) mass is 654 g/mol. The van der Waals surface area contributed by atoms with Crippen molar-refractivity contribution in [2.75, 3.05) is 4.90 Å². The molecule has 10 rings (SSSR count). The first kappa shape index (κ1) is 29.0. The van der Waals surface area contributed by atoms with Crippen molar-refractivity contribution in [3.05, 3.63) is 182 Å². The molecule has 51 heavy (non-hydrogen) atoms. The zero-order chi connectivity index (χ0) is 33.7. The molecule has 2 aromatic heterocycles. The number of benzene rings is 8. The summed E-state index contributed by atoms with van der Waals surface area (Å²) in [6.07, 6.45) is 0. The number of para-hydroxylation sites is 1. The lowest BCUT2D eigenvalue weighted by Crippen LogP contribution is -2.09. The van der Waals surface area contributed by atoms with E-state index in [-0.39, 0.29) is 0 Å². The van der Waals surface area contributed by atoms with Crippen LogP contribution in [0.25, 0.3) is 77.5 Å². The third-order valence-electron chi connectivity index (χ3n) is 9.68. The summed E-state index contributed by atoms with van der Waals surface area (Å²) in [5, 5.41) is 4.47. The van der Waals surface area contributed by atoms with Crippen LogP contribution in [0.5, 0.6) is 0 Å². The molecule has 0 spiro atoms. The Morgan fingerprint density at radius 1 is 0.412 bits per heavy atom. The van der Waals surface area contributed by atoms with E-state index in [4.69, 9.17) is 13.8 Å². The van der Waals surface area contributed by atoms with Crippen LogP contribution in [0, 0.1) is 0 Å². The summed E-state index contributed by atoms with van der Waals surface area (Å²) < 4.78 is 13.0. The smallest absolute Gasteiger partial charge is 0.227 e. The van der Waals surface area contributed by atoms with Crippen molar-refractivity contribution in [1.82, 2.24) is 4.98 Å². The average Bonchev–Trinajstić information content (AvgIpc) is 3.80. The van der Waals surface area contributed by atoms with Crippen molar-refractivity contribution >= 4 is 60.9 Å². The molecule has 10 aromatic rings. The van der Waals surface area contributed by atoms with Crippen LogP contribution in [-0.4, -0.2) is 4.98 Å². The van der Waals surface area contributed by atoms with Gasteiger partial charge >= 0.3 is 0 Å². The van der Waals surface area contributed by atoms with Gasteiger partial charge in [-0.25, -0.2) is 4.98 Å². The molecule has 240 valence electrons. The summed E-state index contributed by atoms with van der Waals surface area (Å²) in [7, 11) is 0. The maximum atomic E-state index is 6.61. The fourth-order valence-corrected chi connectivity index (χ4v) is 7.22. The number of aromatic nitrogens is 1. The Morgan fingerprint density at radius 3 is 1.75 bits per heavy atom. The molecule has 0 saturated carbocycles. The number of nitrogens with zero attached hydrogens (tertiary/aromatic N) is 2. The molecule has 4 heteroatoms. The highest BCUT2D eigenvalue weighted by Gasteiger charge is 2.22. The normalized spacial score (nSPS) is 11.5. The zero-order valence-corrected chi connectivity index (χ0v) is 27.5. The summed E-state index contributed by atoms with van der Waals surface area (Å²) in [6, 6.07) is 63.4. The number of rotatable bonds is 6. The molecule has 0 bridgehead atoms. The highest BCUT2D eigenvalue weighted by Crippen LogP contribution is 2.44. The van der Waals surface area contributed by atoms with Crippen LogP contribution in [0.3, 0.4) is 0 Å². The van der Waals surface area contributed by atoms with E-state index in [2.05, 4.69) is 132 Å². The van der Waals surface area contributed by atoms with Crippen molar-refractivity contribution in [1.29, 1.82) is 0 Å². The minimum Gasteiger partial charge on any atom is -0.456 e. The molecule has 0 N–H and O–H groups in total. The van der Waals surface area contributed by atoms with Gasteiger partial charge in [-0.2, -0.15) is 0 Å². The van der Waals surface area contributed by atoms with Crippen LogP contribution in [0.1, 0.15) is 0 Å². The number of anilines is 3. The highest BCUT2D eigenvalue weighted by molar-refractivity contribution is 6.19. The van der Waals surface area contributed by atoms with Crippen LogP contribution < -0.4 is 4.90 Å². The predicted octanol–water partition coefficient (Wildman–Crippen LogP) is 13.4. The summed E-state index contributed by atoms with van der Waals surface area (Å²) in [5.74, 6) is 0.585. The van der Waals surface area contributed by atoms with Crippen LogP contribution in [0.15, 0.2) is 191 Å². The molecule has 0 fully saturated rings. The Kier molecular flexibility index (Phi) is 6.78. The second kappa shape index (κ2) is 11.9. The van der Waals surface area contributed by atoms with E-state index < -0.39 is 0 Å². The lowest BCUT2D eigenvalue weighted by Gasteiger charge is -2.26. The molecule has 0 saturated heterocycles. The number of fused-ring (bicyclic) bond motifs is 5. The second-order valence-electron chi connectivity index (χ2n) is 12.8. The summed E-state index contributed by atoms with van der Waals surface area (Å²) in [6.45, 7) is 0. The molecule has 0 radical (unpaired) electrons. The van der Waals surface area contributed by atoms with Crippen molar-refractivity contribution in [2.24, 2.45) is 0 Å². The van der Waals surface area contributed by atoms with E-state index >= 15 is 0 Å². The van der Waals surface area contributed by atoms with Gasteiger partial charge in [-0.3, -0.25) is 0 Å². The van der Waals surface area contributed by atoms with Gasteiger partial charge in [0.05, 0.1) is 0 Å². The zero-order valence-electron chi connectivity index (χ0n) is 27.5. The number of oxazole rings is 1. The SMILES string of the molecule is c1ccc(-c2ccc(N(c3ccc(-c4c5oc(-c6ccccc6)nc5cc5oc6ccccc6c45)cc3)c3ccc4ccccc4c3)cc2)cc1. The molecule has 0 unspecified atom stereocenters. The Balaban J connectivity index is 1.14. The molecule has 0 aliphatic carbocycles. The van der Waals surface area contributed by atoms with E-state index in [1.165, 1.54) is 21.9 Å². The minimum absolute atomic E-state index is 0.585. The van der Waals surface area contributed by atoms with E-state index in [9.17, 15) is 0 Å². The summed E-state index contributed by atoms with van der Waals surface area (Å²) in [5.41, 5.74) is 11.6. The fraction of sp³-hybridized carbons (Fsp3) is 0. The molecular weight excluding hydrogens is 625 g/mol. The van der Waals surface area contributed by atoms with Gasteiger partial charge in [0.1, 0.15) is 16.7 Å². The van der Waals surface area contributed by atoms with Gasteiger partial charge < -0.3 is 13.7 Å². The number of hydrogen-bond acceptors (Lipinski definition) is 4. The van der Waals surface area contributed by atoms with Gasteiger partial charge in [-0.15, -0.1) is 0 Å². The van der Waals surface area contributed by atoms with Gasteiger partial charge in [0, 0.05) is 45.0 Å². The molecule has 2 heterocycles. The van der Waals surface area contributed by atoms with E-state index in [1.807, 2.05) is 54.6 Å². The van der Waals surface area contributed by atoms with E-state index in [0.717, 1.165) is 66.8 Å². The molecule has 0 aliphatic heterocycles. The second-order valence-corrected chi connectivity index (χ2v) is 12.8. The summed E-state index contributed by atoms with van der Waals surface area (Å²) >= 11 is 0. The Hall–Kier alpha value is -6.91. The third-order valence-corrected chi connectivity index (χ3v) is 9.68. The fourth-order valence-electron chi connectivity index (χ4n) is 7.22. The van der Waals surface area contributed by atoms with Crippen molar-refractivity contribution in [3.63, 3.8) is 0 Å². The van der Waals surface area contributed by atoms with Crippen LogP contribution >= 0.6 is 0 Å². The lowest BCUT2D eigenvalue weighted by molar-refractivity contribution is 0.621. The van der Waals surface area contributed by atoms with E-state index in [0.29, 0.717) is 5.89 Å². The van der Waals surface area contributed by atoms with Crippen molar-refractivity contribution < 1.29 is 8.83 Å². The molecule has 0 atom stereocenters. The molecule has 0 amide bonds. The molecule has 4 nitrogen and oxygen atoms in total. The Morgan fingerprint density at radius 2 is 1.00 bits per heavy atom. The van der Waals surface area contributed by atoms with Gasteiger partial charge in [0.15, 0.2) is 5.58 Å². The molecule has 0 aliphatic rings. The third kappa shape index (κ3) is 5.04. The first-order valence-electron chi connectivity index (χ1n) is 17.1. The Labute approximate surface area is 294 Å². The lowest BCUT2D eigenvalue weighted by atomic mass is 9.97. The number of furan rings is 1. The van der Waals surface area contributed by atoms with Crippen LogP contribution in [-0.2, 0) is 0 Å². The first-order valence-corrected chi connectivity index (χ1v) is 17.1. The quantitative estimate of drug-likeness (QED) is 0.179. The van der Waals surface area contributed by atoms with Crippen molar-refractivity contribution in [2.45, 2.75) is 0 Å². The topological polar surface area (TPSA) is 42.4 Å². The molecular formula is C47H30N2O2. The van der Waals surface area contributed by atoms with Crippen LogP contribution in [0.2, 0.25) is 0 Å². The minimum atomic E-state index is 0.585. The van der Waals surface area contributed by atoms with Gasteiger partial charge in [0.25, 0.3) is 0 Å². The van der Waals surface area contributed by atoms with Crippen molar-refractivity contribution in [3.8, 4) is 33.7 Å². The Bertz CT molecular complexity index is 2840. The maximum absolute atomic E-state index is 6.61. The standard InChI is InChI=1S/C47H30N2O2/c1-3-11-31(12-4-1)33-19-24-37(25-20-33)49(39-28-21-32-13-7-8-16-36(32)29-39)38-26-22-34(23-27-38)44-45-40-17-9-10-18-42(40)50-43(45)30-41-46(44)51-47(48-41)35-14-5-2-6-15-35/h1-30H. The number of hydrogen-bond donors (Lipinski definition) is 0. The predicted molar refractivity (Wildman–Crippen MR) is 210 cm³/mol. The van der Waals surface area contributed by atoms with Gasteiger partial charge in [-0.05, 0) is 82.1 Å². The highest BCUT2D eigenvalue weighted by atomic mass is 16.4. The van der Waals surface area contributed by atoms with Gasteiger partial charge in [-0.1, -0.05) is 121 Å². The summed E-state index contributed by atoms with van der Waals surface area (Å²) in [4.78, 5) is 7.25. The molecule has 8 aromatic carbocycles.